The molecular formula is C16H17N3S. The van der Waals surface area contributed by atoms with E-state index in [0.717, 1.165) is 19.5 Å². The lowest BCUT2D eigenvalue weighted by molar-refractivity contribution is 0.688. The summed E-state index contributed by atoms with van der Waals surface area (Å²) < 4.78 is 0. The zero-order valence-corrected chi connectivity index (χ0v) is 12.0. The van der Waals surface area contributed by atoms with Crippen molar-refractivity contribution in [2.45, 2.75) is 13.0 Å². The van der Waals surface area contributed by atoms with Crippen LogP contribution >= 0.6 is 11.3 Å². The molecule has 0 aliphatic rings. The molecular weight excluding hydrogens is 266 g/mol. The van der Waals surface area contributed by atoms with Crippen LogP contribution in [0.3, 0.4) is 0 Å². The molecule has 3 rings (SSSR count). The summed E-state index contributed by atoms with van der Waals surface area (Å²) in [5.74, 6) is 0. The van der Waals surface area contributed by atoms with Crippen LogP contribution in [0.4, 0.5) is 0 Å². The number of hydrogen-bond acceptors (Lipinski definition) is 3. The van der Waals surface area contributed by atoms with Crippen LogP contribution in [0.5, 0.6) is 0 Å². The lowest BCUT2D eigenvalue weighted by Crippen LogP contribution is -2.16. The van der Waals surface area contributed by atoms with E-state index >= 15 is 0 Å². The SMILES string of the molecule is c1ccc(-c2csc(CNCCc3cnc[nH]3)c2)cc1. The van der Waals surface area contributed by atoms with Crippen LogP contribution < -0.4 is 5.32 Å². The number of nitrogens with one attached hydrogen (secondary N) is 2. The van der Waals surface area contributed by atoms with Gasteiger partial charge in [0, 0.05) is 36.3 Å². The Balaban J connectivity index is 1.50. The molecule has 0 atom stereocenters. The van der Waals surface area contributed by atoms with Crippen molar-refractivity contribution in [1.82, 2.24) is 15.3 Å². The second-order valence-electron chi connectivity index (χ2n) is 4.67. The molecule has 0 saturated carbocycles. The van der Waals surface area contributed by atoms with E-state index in [0.29, 0.717) is 0 Å². The maximum Gasteiger partial charge on any atom is 0.0921 e. The Morgan fingerprint density at radius 2 is 2.05 bits per heavy atom. The second-order valence-corrected chi connectivity index (χ2v) is 5.67. The summed E-state index contributed by atoms with van der Waals surface area (Å²) >= 11 is 1.81. The molecule has 20 heavy (non-hydrogen) atoms. The minimum atomic E-state index is 0.922. The minimum absolute atomic E-state index is 0.922. The normalized spacial score (nSPS) is 10.8. The van der Waals surface area contributed by atoms with Crippen molar-refractivity contribution in [3.63, 3.8) is 0 Å². The molecule has 0 aliphatic carbocycles. The minimum Gasteiger partial charge on any atom is -0.348 e. The number of aromatic nitrogens is 2. The molecule has 0 fully saturated rings. The standard InChI is InChI=1S/C16H17N3S/c1-2-4-13(5-3-1)14-8-16(20-11-14)10-17-7-6-15-9-18-12-19-15/h1-5,8-9,11-12,17H,6-7,10H2,(H,18,19). The maximum absolute atomic E-state index is 4.01. The quantitative estimate of drug-likeness (QED) is 0.680. The number of hydrogen-bond donors (Lipinski definition) is 2. The summed E-state index contributed by atoms with van der Waals surface area (Å²) in [5, 5.41) is 5.69. The van der Waals surface area contributed by atoms with Crippen molar-refractivity contribution in [3.05, 3.63) is 64.9 Å². The Labute approximate surface area is 122 Å². The molecule has 0 saturated heterocycles. The molecule has 3 aromatic rings. The monoisotopic (exact) mass is 283 g/mol. The van der Waals surface area contributed by atoms with Crippen LogP contribution in [-0.4, -0.2) is 16.5 Å². The number of rotatable bonds is 6. The summed E-state index contributed by atoms with van der Waals surface area (Å²) in [7, 11) is 0. The number of benzene rings is 1. The van der Waals surface area contributed by atoms with Crippen LogP contribution in [0.2, 0.25) is 0 Å². The number of H-pyrrole nitrogens is 1. The van der Waals surface area contributed by atoms with Crippen LogP contribution in [-0.2, 0) is 13.0 Å². The smallest absolute Gasteiger partial charge is 0.0921 e. The first-order chi connectivity index (χ1) is 9.92. The topological polar surface area (TPSA) is 40.7 Å². The van der Waals surface area contributed by atoms with E-state index < -0.39 is 0 Å². The van der Waals surface area contributed by atoms with Crippen LogP contribution in [0.15, 0.2) is 54.3 Å². The molecule has 0 aliphatic heterocycles. The van der Waals surface area contributed by atoms with E-state index in [1.165, 1.54) is 21.7 Å². The average Bonchev–Trinajstić information content (AvgIpc) is 3.16. The summed E-state index contributed by atoms with van der Waals surface area (Å²) in [6.07, 6.45) is 4.58. The number of imidazole rings is 1. The van der Waals surface area contributed by atoms with Crippen molar-refractivity contribution >= 4 is 11.3 Å². The molecule has 0 bridgehead atoms. The molecule has 3 nitrogen and oxygen atoms in total. The lowest BCUT2D eigenvalue weighted by atomic mass is 10.1. The van der Waals surface area contributed by atoms with Gasteiger partial charge in [0.05, 0.1) is 6.33 Å². The van der Waals surface area contributed by atoms with E-state index in [1.54, 1.807) is 6.33 Å². The van der Waals surface area contributed by atoms with E-state index in [4.69, 9.17) is 0 Å². The van der Waals surface area contributed by atoms with E-state index in [9.17, 15) is 0 Å². The summed E-state index contributed by atoms with van der Waals surface area (Å²) in [6.45, 7) is 1.88. The fourth-order valence-corrected chi connectivity index (χ4v) is 2.97. The van der Waals surface area contributed by atoms with Crippen LogP contribution in [0.1, 0.15) is 10.6 Å². The van der Waals surface area contributed by atoms with E-state index in [-0.39, 0.29) is 0 Å². The highest BCUT2D eigenvalue weighted by Crippen LogP contribution is 2.25. The first kappa shape index (κ1) is 13.1. The zero-order valence-electron chi connectivity index (χ0n) is 11.2. The van der Waals surface area contributed by atoms with Gasteiger partial charge in [0.15, 0.2) is 0 Å². The van der Waals surface area contributed by atoms with Gasteiger partial charge in [-0.25, -0.2) is 4.98 Å². The lowest BCUT2D eigenvalue weighted by Gasteiger charge is -2.01. The molecule has 0 spiro atoms. The Bertz CT molecular complexity index is 629. The van der Waals surface area contributed by atoms with Crippen LogP contribution in [0.25, 0.3) is 11.1 Å². The first-order valence-corrected chi connectivity index (χ1v) is 7.60. The third-order valence-corrected chi connectivity index (χ3v) is 4.12. The van der Waals surface area contributed by atoms with E-state index in [1.807, 2.05) is 23.6 Å². The highest BCUT2D eigenvalue weighted by molar-refractivity contribution is 7.10. The maximum atomic E-state index is 4.01. The summed E-state index contributed by atoms with van der Waals surface area (Å²) in [4.78, 5) is 8.50. The van der Waals surface area contributed by atoms with E-state index in [2.05, 4.69) is 51.0 Å². The number of thiophene rings is 1. The molecule has 2 aromatic heterocycles. The average molecular weight is 283 g/mol. The van der Waals surface area contributed by atoms with Gasteiger partial charge in [-0.2, -0.15) is 0 Å². The van der Waals surface area contributed by atoms with Crippen molar-refractivity contribution in [2.75, 3.05) is 6.54 Å². The summed E-state index contributed by atoms with van der Waals surface area (Å²) in [6, 6.07) is 12.8. The highest BCUT2D eigenvalue weighted by atomic mass is 32.1. The van der Waals surface area contributed by atoms with Crippen LogP contribution in [0, 0.1) is 0 Å². The predicted octanol–water partition coefficient (Wildman–Crippen LogP) is 3.47. The molecule has 102 valence electrons. The third kappa shape index (κ3) is 3.35. The van der Waals surface area contributed by atoms with Gasteiger partial charge in [-0.3, -0.25) is 0 Å². The molecule has 1 aromatic carbocycles. The fourth-order valence-electron chi connectivity index (χ4n) is 2.11. The number of aromatic amines is 1. The van der Waals surface area contributed by atoms with Gasteiger partial charge >= 0.3 is 0 Å². The Kier molecular flexibility index (Phi) is 4.25. The highest BCUT2D eigenvalue weighted by Gasteiger charge is 2.02. The Morgan fingerprint density at radius 1 is 1.15 bits per heavy atom. The van der Waals surface area contributed by atoms with Gasteiger partial charge in [-0.15, -0.1) is 11.3 Å². The van der Waals surface area contributed by atoms with Gasteiger partial charge < -0.3 is 10.3 Å². The van der Waals surface area contributed by atoms with Gasteiger partial charge in [-0.05, 0) is 22.6 Å². The first-order valence-electron chi connectivity index (χ1n) is 6.72. The third-order valence-electron chi connectivity index (χ3n) is 3.19. The van der Waals surface area contributed by atoms with Gasteiger partial charge in [0.25, 0.3) is 0 Å². The fraction of sp³-hybridized carbons (Fsp3) is 0.188. The van der Waals surface area contributed by atoms with Crippen molar-refractivity contribution in [3.8, 4) is 11.1 Å². The number of nitrogens with zero attached hydrogens (tertiary/aromatic N) is 1. The predicted molar refractivity (Wildman–Crippen MR) is 83.8 cm³/mol. The molecule has 2 heterocycles. The molecule has 0 unspecified atom stereocenters. The van der Waals surface area contributed by atoms with Gasteiger partial charge in [0.2, 0.25) is 0 Å². The molecule has 0 radical (unpaired) electrons. The zero-order chi connectivity index (χ0) is 13.6. The Hall–Kier alpha value is -1.91. The molecule has 4 heteroatoms. The largest absolute Gasteiger partial charge is 0.348 e. The molecule has 2 N–H and O–H groups in total. The molecule has 0 amide bonds. The summed E-state index contributed by atoms with van der Waals surface area (Å²) in [5.41, 5.74) is 3.77. The van der Waals surface area contributed by atoms with Crippen molar-refractivity contribution in [1.29, 1.82) is 0 Å². The van der Waals surface area contributed by atoms with Crippen molar-refractivity contribution < 1.29 is 0 Å². The second kappa shape index (κ2) is 6.50. The van der Waals surface area contributed by atoms with Gasteiger partial charge in [0.1, 0.15) is 0 Å². The van der Waals surface area contributed by atoms with Crippen molar-refractivity contribution in [2.24, 2.45) is 0 Å². The Morgan fingerprint density at radius 3 is 2.85 bits per heavy atom. The van der Waals surface area contributed by atoms with Gasteiger partial charge in [-0.1, -0.05) is 30.3 Å².